The summed E-state index contributed by atoms with van der Waals surface area (Å²) in [5, 5.41) is 16.1. The van der Waals surface area contributed by atoms with E-state index in [1.807, 2.05) is 0 Å². The summed E-state index contributed by atoms with van der Waals surface area (Å²) < 4.78 is 5.10. The summed E-state index contributed by atoms with van der Waals surface area (Å²) in [6, 6.07) is 6.11. The molecule has 2 amide bonds. The molecule has 2 rings (SSSR count). The number of nitrogens with one attached hydrogen (secondary N) is 2. The number of aryl methyl sites for hydroxylation is 2. The number of nitrogens with zero attached hydrogens (tertiary/aromatic N) is 1. The fourth-order valence-electron chi connectivity index (χ4n) is 1.88. The van der Waals surface area contributed by atoms with E-state index in [-0.39, 0.29) is 12.2 Å². The molecule has 7 nitrogen and oxygen atoms in total. The third-order valence-electron chi connectivity index (χ3n) is 2.99. The summed E-state index contributed by atoms with van der Waals surface area (Å²) in [6.45, 7) is 3.60. The molecular weight excluding hydrogens is 274 g/mol. The Bertz CT molecular complexity index is 665. The lowest BCUT2D eigenvalue weighted by molar-refractivity contribution is -0.385. The van der Waals surface area contributed by atoms with E-state index < -0.39 is 11.0 Å². The van der Waals surface area contributed by atoms with E-state index in [1.165, 1.54) is 12.3 Å². The Hall–Kier alpha value is -2.83. The van der Waals surface area contributed by atoms with Crippen LogP contribution in [-0.2, 0) is 6.54 Å². The van der Waals surface area contributed by atoms with E-state index in [9.17, 15) is 14.9 Å². The van der Waals surface area contributed by atoms with Crippen molar-refractivity contribution in [2.45, 2.75) is 20.4 Å². The molecule has 0 unspecified atom stereocenters. The fourth-order valence-corrected chi connectivity index (χ4v) is 1.88. The van der Waals surface area contributed by atoms with Crippen molar-refractivity contribution in [3.63, 3.8) is 0 Å². The third kappa shape index (κ3) is 3.59. The zero-order chi connectivity index (χ0) is 15.4. The maximum Gasteiger partial charge on any atom is 0.319 e. The number of rotatable bonds is 4. The van der Waals surface area contributed by atoms with Crippen molar-refractivity contribution < 1.29 is 14.1 Å². The summed E-state index contributed by atoms with van der Waals surface area (Å²) in [6.07, 6.45) is 1.53. The zero-order valence-corrected chi connectivity index (χ0v) is 11.7. The van der Waals surface area contributed by atoms with Crippen molar-refractivity contribution in [2.75, 3.05) is 5.32 Å². The number of nitro benzene ring substituents is 1. The number of carbonyl (C=O) groups excluding carboxylic acids is 1. The minimum absolute atomic E-state index is 0.0362. The van der Waals surface area contributed by atoms with Crippen LogP contribution in [-0.4, -0.2) is 11.0 Å². The number of hydrogen-bond donors (Lipinski definition) is 2. The SMILES string of the molecule is Cc1cc([N+](=O)[O-])c(C)cc1NC(=O)NCc1ccco1. The Morgan fingerprint density at radius 1 is 1.33 bits per heavy atom. The molecular formula is C14H15N3O4. The van der Waals surface area contributed by atoms with Gasteiger partial charge in [0.1, 0.15) is 5.76 Å². The minimum atomic E-state index is -0.441. The average Bonchev–Trinajstić information content (AvgIpc) is 2.93. The molecule has 0 aliphatic rings. The largest absolute Gasteiger partial charge is 0.467 e. The fraction of sp³-hybridized carbons (Fsp3) is 0.214. The highest BCUT2D eigenvalue weighted by molar-refractivity contribution is 5.90. The standard InChI is InChI=1S/C14H15N3O4/c1-9-7-13(17(19)20)10(2)6-12(9)16-14(18)15-8-11-4-3-5-21-11/h3-7H,8H2,1-2H3,(H2,15,16,18). The number of hydrogen-bond acceptors (Lipinski definition) is 4. The lowest BCUT2D eigenvalue weighted by atomic mass is 10.1. The Kier molecular flexibility index (Phi) is 4.22. The molecule has 0 bridgehead atoms. The van der Waals surface area contributed by atoms with Crippen LogP contribution in [0.1, 0.15) is 16.9 Å². The Morgan fingerprint density at radius 3 is 2.71 bits per heavy atom. The monoisotopic (exact) mass is 289 g/mol. The topological polar surface area (TPSA) is 97.4 Å². The highest BCUT2D eigenvalue weighted by Gasteiger charge is 2.14. The molecule has 0 saturated heterocycles. The van der Waals surface area contributed by atoms with Crippen LogP contribution >= 0.6 is 0 Å². The second-order valence-electron chi connectivity index (χ2n) is 4.60. The van der Waals surface area contributed by atoms with E-state index >= 15 is 0 Å². The first-order chi connectivity index (χ1) is 9.97. The maximum atomic E-state index is 11.8. The molecule has 1 aromatic carbocycles. The van der Waals surface area contributed by atoms with E-state index in [4.69, 9.17) is 4.42 Å². The molecule has 0 fully saturated rings. The highest BCUT2D eigenvalue weighted by atomic mass is 16.6. The van der Waals surface area contributed by atoms with Gasteiger partial charge in [-0.3, -0.25) is 10.1 Å². The number of benzene rings is 1. The quantitative estimate of drug-likeness (QED) is 0.667. The molecule has 2 aromatic rings. The molecule has 0 aliphatic heterocycles. The molecule has 110 valence electrons. The van der Waals surface area contributed by atoms with E-state index in [0.717, 1.165) is 0 Å². The Labute approximate surface area is 121 Å². The van der Waals surface area contributed by atoms with Crippen LogP contribution < -0.4 is 10.6 Å². The van der Waals surface area contributed by atoms with Crippen molar-refractivity contribution in [2.24, 2.45) is 0 Å². The second-order valence-corrected chi connectivity index (χ2v) is 4.60. The van der Waals surface area contributed by atoms with Crippen molar-refractivity contribution in [3.8, 4) is 0 Å². The van der Waals surface area contributed by atoms with Crippen molar-refractivity contribution in [1.29, 1.82) is 0 Å². The predicted molar refractivity (Wildman–Crippen MR) is 77.1 cm³/mol. The molecule has 1 aromatic heterocycles. The number of furan rings is 1. The molecule has 7 heteroatoms. The number of amides is 2. The van der Waals surface area contributed by atoms with Gasteiger partial charge in [0.05, 0.1) is 17.7 Å². The molecule has 21 heavy (non-hydrogen) atoms. The van der Waals surface area contributed by atoms with Crippen LogP contribution in [0.4, 0.5) is 16.2 Å². The van der Waals surface area contributed by atoms with Crippen LogP contribution in [0.2, 0.25) is 0 Å². The van der Waals surface area contributed by atoms with Gasteiger partial charge in [-0.2, -0.15) is 0 Å². The highest BCUT2D eigenvalue weighted by Crippen LogP contribution is 2.25. The van der Waals surface area contributed by atoms with E-state index in [0.29, 0.717) is 22.6 Å². The van der Waals surface area contributed by atoms with Gasteiger partial charge >= 0.3 is 6.03 Å². The summed E-state index contributed by atoms with van der Waals surface area (Å²) in [7, 11) is 0. The van der Waals surface area contributed by atoms with Crippen molar-refractivity contribution >= 4 is 17.4 Å². The minimum Gasteiger partial charge on any atom is -0.467 e. The predicted octanol–water partition coefficient (Wildman–Crippen LogP) is 3.13. The van der Waals surface area contributed by atoms with Crippen molar-refractivity contribution in [1.82, 2.24) is 5.32 Å². The van der Waals surface area contributed by atoms with E-state index in [1.54, 1.807) is 32.0 Å². The molecule has 1 heterocycles. The second kappa shape index (κ2) is 6.08. The van der Waals surface area contributed by atoms with Gasteiger partial charge in [0.15, 0.2) is 0 Å². The van der Waals surface area contributed by atoms with E-state index in [2.05, 4.69) is 10.6 Å². The maximum absolute atomic E-state index is 11.8. The van der Waals surface area contributed by atoms with Crippen molar-refractivity contribution in [3.05, 3.63) is 57.5 Å². The first kappa shape index (κ1) is 14.6. The van der Waals surface area contributed by atoms with Gasteiger partial charge in [0.25, 0.3) is 5.69 Å². The molecule has 0 spiro atoms. The van der Waals surface area contributed by atoms with Gasteiger partial charge in [-0.1, -0.05) is 0 Å². The van der Waals surface area contributed by atoms with Gasteiger partial charge in [-0.05, 0) is 37.6 Å². The third-order valence-corrected chi connectivity index (χ3v) is 2.99. The van der Waals surface area contributed by atoms with Gasteiger partial charge in [0, 0.05) is 17.3 Å². The number of carbonyl (C=O) groups is 1. The summed E-state index contributed by atoms with van der Waals surface area (Å²) in [5.74, 6) is 0.641. The lowest BCUT2D eigenvalue weighted by Crippen LogP contribution is -2.28. The first-order valence-electron chi connectivity index (χ1n) is 6.30. The van der Waals surface area contributed by atoms with Gasteiger partial charge in [0.2, 0.25) is 0 Å². The van der Waals surface area contributed by atoms with Gasteiger partial charge in [-0.25, -0.2) is 4.79 Å². The van der Waals surface area contributed by atoms with Crippen LogP contribution in [0.5, 0.6) is 0 Å². The molecule has 0 saturated carbocycles. The normalized spacial score (nSPS) is 10.2. The zero-order valence-electron chi connectivity index (χ0n) is 11.7. The van der Waals surface area contributed by atoms with Gasteiger partial charge in [-0.15, -0.1) is 0 Å². The number of nitro groups is 1. The molecule has 2 N–H and O–H groups in total. The molecule has 0 radical (unpaired) electrons. The summed E-state index contributed by atoms with van der Waals surface area (Å²) in [5.41, 5.74) is 1.69. The molecule has 0 atom stereocenters. The van der Waals surface area contributed by atoms with Crippen LogP contribution in [0.25, 0.3) is 0 Å². The van der Waals surface area contributed by atoms with Crippen LogP contribution in [0, 0.1) is 24.0 Å². The van der Waals surface area contributed by atoms with Crippen LogP contribution in [0.15, 0.2) is 34.9 Å². The summed E-state index contributed by atoms with van der Waals surface area (Å²) in [4.78, 5) is 22.2. The van der Waals surface area contributed by atoms with Crippen LogP contribution in [0.3, 0.4) is 0 Å². The van der Waals surface area contributed by atoms with Gasteiger partial charge < -0.3 is 15.1 Å². The number of urea groups is 1. The average molecular weight is 289 g/mol. The lowest BCUT2D eigenvalue weighted by Gasteiger charge is -2.10. The number of anilines is 1. The summed E-state index contributed by atoms with van der Waals surface area (Å²) >= 11 is 0. The molecule has 0 aliphatic carbocycles. The first-order valence-corrected chi connectivity index (χ1v) is 6.30. The Balaban J connectivity index is 2.03. The smallest absolute Gasteiger partial charge is 0.319 e. The Morgan fingerprint density at radius 2 is 2.10 bits per heavy atom.